The molecule has 0 saturated heterocycles. The highest BCUT2D eigenvalue weighted by Gasteiger charge is 2.17. The van der Waals surface area contributed by atoms with Crippen molar-refractivity contribution in [3.8, 4) is 0 Å². The largest absolute Gasteiger partial charge is 0.465 e. The van der Waals surface area contributed by atoms with Crippen molar-refractivity contribution in [1.29, 1.82) is 0 Å². The van der Waals surface area contributed by atoms with Gasteiger partial charge in [-0.1, -0.05) is 24.3 Å². The van der Waals surface area contributed by atoms with Gasteiger partial charge in [-0.3, -0.25) is 0 Å². The van der Waals surface area contributed by atoms with Crippen LogP contribution in [0.25, 0.3) is 5.57 Å². The van der Waals surface area contributed by atoms with Crippen LogP contribution in [-0.4, -0.2) is 13.1 Å². The minimum absolute atomic E-state index is 0.242. The smallest absolute Gasteiger partial charge is 0.337 e. The van der Waals surface area contributed by atoms with E-state index in [1.165, 1.54) is 19.2 Å². The number of ether oxygens (including phenoxy) is 1. The molecule has 0 amide bonds. The van der Waals surface area contributed by atoms with Gasteiger partial charge in [-0.2, -0.15) is 0 Å². The first-order valence-electron chi connectivity index (χ1n) is 6.37. The number of hydrogen-bond donors (Lipinski definition) is 0. The molecule has 0 N–H and O–H groups in total. The van der Waals surface area contributed by atoms with Gasteiger partial charge in [-0.15, -0.1) is 0 Å². The summed E-state index contributed by atoms with van der Waals surface area (Å²) in [5.41, 5.74) is 4.80. The van der Waals surface area contributed by atoms with E-state index >= 15 is 0 Å². The second-order valence-electron chi connectivity index (χ2n) is 4.69. The van der Waals surface area contributed by atoms with Crippen LogP contribution in [0.4, 0.5) is 4.39 Å². The fraction of sp³-hybridized carbons (Fsp3) is 0.118. The number of benzene rings is 2. The molecule has 0 fully saturated rings. The second-order valence-corrected chi connectivity index (χ2v) is 4.69. The molecule has 3 heteroatoms. The van der Waals surface area contributed by atoms with Crippen molar-refractivity contribution in [2.45, 2.75) is 6.42 Å². The molecule has 100 valence electrons. The first kappa shape index (κ1) is 12.6. The third-order valence-electron chi connectivity index (χ3n) is 3.50. The van der Waals surface area contributed by atoms with E-state index in [1.54, 1.807) is 18.2 Å². The maximum Gasteiger partial charge on any atom is 0.337 e. The molecule has 0 atom stereocenters. The summed E-state index contributed by atoms with van der Waals surface area (Å²) in [5, 5.41) is 0. The first-order valence-corrected chi connectivity index (χ1v) is 6.37. The zero-order valence-electron chi connectivity index (χ0n) is 11.0. The van der Waals surface area contributed by atoms with Crippen LogP contribution < -0.4 is 0 Å². The number of fused-ring (bicyclic) bond motifs is 1. The third kappa shape index (κ3) is 2.11. The molecule has 2 aromatic rings. The molecule has 0 heterocycles. The van der Waals surface area contributed by atoms with Crippen LogP contribution in [0.2, 0.25) is 0 Å². The predicted octanol–water partition coefficient (Wildman–Crippen LogP) is 3.60. The molecule has 0 spiro atoms. The lowest BCUT2D eigenvalue weighted by atomic mass is 9.98. The van der Waals surface area contributed by atoms with E-state index in [4.69, 9.17) is 4.74 Å². The van der Waals surface area contributed by atoms with Gasteiger partial charge in [-0.25, -0.2) is 9.18 Å². The Kier molecular flexibility index (Phi) is 3.11. The number of rotatable bonds is 2. The van der Waals surface area contributed by atoms with Crippen LogP contribution >= 0.6 is 0 Å². The predicted molar refractivity (Wildman–Crippen MR) is 75.0 cm³/mol. The molecule has 0 radical (unpaired) electrons. The molecular weight excluding hydrogens is 255 g/mol. The Morgan fingerprint density at radius 2 is 1.90 bits per heavy atom. The lowest BCUT2D eigenvalue weighted by molar-refractivity contribution is 0.0600. The average molecular weight is 268 g/mol. The molecule has 1 aliphatic carbocycles. The minimum atomic E-state index is -0.331. The number of esters is 1. The van der Waals surface area contributed by atoms with Crippen LogP contribution in [0.15, 0.2) is 48.5 Å². The van der Waals surface area contributed by atoms with E-state index in [0.717, 1.165) is 28.7 Å². The minimum Gasteiger partial charge on any atom is -0.465 e. The number of halogens is 1. The zero-order chi connectivity index (χ0) is 14.1. The lowest BCUT2D eigenvalue weighted by Crippen LogP contribution is -2.02. The Bertz CT molecular complexity index is 699. The molecule has 0 aromatic heterocycles. The molecular formula is C17H13FO2. The van der Waals surface area contributed by atoms with E-state index in [1.807, 2.05) is 12.1 Å². The van der Waals surface area contributed by atoms with Gasteiger partial charge < -0.3 is 4.74 Å². The Hall–Kier alpha value is -2.42. The third-order valence-corrected chi connectivity index (χ3v) is 3.50. The molecule has 3 rings (SSSR count). The molecule has 0 bridgehead atoms. The maximum atomic E-state index is 13.0. The molecule has 20 heavy (non-hydrogen) atoms. The summed E-state index contributed by atoms with van der Waals surface area (Å²) >= 11 is 0. The standard InChI is InChI=1S/C17H13FO2/c1-20-17(19)13-5-9-16-12(10-13)4-8-15(16)11-2-6-14(18)7-3-11/h2-3,5-10H,4H2,1H3. The lowest BCUT2D eigenvalue weighted by Gasteiger charge is -2.08. The fourth-order valence-electron chi connectivity index (χ4n) is 2.49. The van der Waals surface area contributed by atoms with Crippen molar-refractivity contribution in [2.24, 2.45) is 0 Å². The SMILES string of the molecule is COC(=O)c1ccc2c(c1)CC=C2c1ccc(F)cc1. The Morgan fingerprint density at radius 3 is 2.60 bits per heavy atom. The van der Waals surface area contributed by atoms with Gasteiger partial charge in [0.05, 0.1) is 12.7 Å². The van der Waals surface area contributed by atoms with Crippen LogP contribution in [-0.2, 0) is 11.2 Å². The Morgan fingerprint density at radius 1 is 1.15 bits per heavy atom. The number of carbonyl (C=O) groups excluding carboxylic acids is 1. The summed E-state index contributed by atoms with van der Waals surface area (Å²) < 4.78 is 17.7. The summed E-state index contributed by atoms with van der Waals surface area (Å²) in [7, 11) is 1.37. The molecule has 0 saturated carbocycles. The summed E-state index contributed by atoms with van der Waals surface area (Å²) in [6.07, 6.45) is 2.87. The molecule has 2 nitrogen and oxygen atoms in total. The van der Waals surface area contributed by atoms with Gasteiger partial charge in [0.1, 0.15) is 5.82 Å². The molecule has 0 unspecified atom stereocenters. The van der Waals surface area contributed by atoms with Crippen LogP contribution in [0.5, 0.6) is 0 Å². The zero-order valence-corrected chi connectivity index (χ0v) is 11.0. The van der Waals surface area contributed by atoms with Gasteiger partial charge in [0.25, 0.3) is 0 Å². The van der Waals surface area contributed by atoms with Gasteiger partial charge in [0.2, 0.25) is 0 Å². The molecule has 1 aliphatic rings. The summed E-state index contributed by atoms with van der Waals surface area (Å²) in [5.74, 6) is -0.573. The first-order chi connectivity index (χ1) is 9.69. The molecule has 2 aromatic carbocycles. The highest BCUT2D eigenvalue weighted by Crippen LogP contribution is 2.33. The number of hydrogen-bond acceptors (Lipinski definition) is 2. The Balaban J connectivity index is 1.97. The van der Waals surface area contributed by atoms with Gasteiger partial charge in [-0.05, 0) is 52.9 Å². The van der Waals surface area contributed by atoms with Gasteiger partial charge in [0, 0.05) is 0 Å². The summed E-state index contributed by atoms with van der Waals surface area (Å²) in [4.78, 5) is 11.5. The van der Waals surface area contributed by atoms with Crippen LogP contribution in [0, 0.1) is 5.82 Å². The van der Waals surface area contributed by atoms with Gasteiger partial charge >= 0.3 is 5.97 Å². The monoisotopic (exact) mass is 268 g/mol. The number of carbonyl (C=O) groups is 1. The number of allylic oxidation sites excluding steroid dienone is 1. The van der Waals surface area contributed by atoms with E-state index < -0.39 is 0 Å². The van der Waals surface area contributed by atoms with E-state index in [2.05, 4.69) is 6.08 Å². The molecule has 0 aliphatic heterocycles. The van der Waals surface area contributed by atoms with Crippen molar-refractivity contribution in [3.05, 3.63) is 76.6 Å². The Labute approximate surface area is 116 Å². The van der Waals surface area contributed by atoms with E-state index in [-0.39, 0.29) is 11.8 Å². The number of methoxy groups -OCH3 is 1. The van der Waals surface area contributed by atoms with Crippen molar-refractivity contribution in [3.63, 3.8) is 0 Å². The summed E-state index contributed by atoms with van der Waals surface area (Å²) in [6.45, 7) is 0. The van der Waals surface area contributed by atoms with Gasteiger partial charge in [0.15, 0.2) is 0 Å². The topological polar surface area (TPSA) is 26.3 Å². The quantitative estimate of drug-likeness (QED) is 0.778. The highest BCUT2D eigenvalue weighted by molar-refractivity contribution is 5.92. The van der Waals surface area contributed by atoms with Crippen molar-refractivity contribution < 1.29 is 13.9 Å². The summed E-state index contributed by atoms with van der Waals surface area (Å²) in [6, 6.07) is 12.0. The highest BCUT2D eigenvalue weighted by atomic mass is 19.1. The normalized spacial score (nSPS) is 12.8. The van der Waals surface area contributed by atoms with Crippen LogP contribution in [0.1, 0.15) is 27.0 Å². The van der Waals surface area contributed by atoms with Crippen molar-refractivity contribution in [1.82, 2.24) is 0 Å². The fourth-order valence-corrected chi connectivity index (χ4v) is 2.49. The second kappa shape index (κ2) is 4.93. The van der Waals surface area contributed by atoms with Crippen LogP contribution in [0.3, 0.4) is 0 Å². The van der Waals surface area contributed by atoms with Crippen molar-refractivity contribution in [2.75, 3.05) is 7.11 Å². The average Bonchev–Trinajstić information content (AvgIpc) is 2.90. The van der Waals surface area contributed by atoms with E-state index in [9.17, 15) is 9.18 Å². The van der Waals surface area contributed by atoms with Crippen molar-refractivity contribution >= 4 is 11.5 Å². The van der Waals surface area contributed by atoms with E-state index in [0.29, 0.717) is 5.56 Å². The maximum absolute atomic E-state index is 13.0.